The Morgan fingerprint density at radius 2 is 1.64 bits per heavy atom. The highest BCUT2D eigenvalue weighted by atomic mass is 16.1. The first kappa shape index (κ1) is 15.1. The first-order valence-corrected chi connectivity index (χ1v) is 8.12. The second-order valence-corrected chi connectivity index (χ2v) is 6.00. The molecule has 4 nitrogen and oxygen atoms in total. The van der Waals surface area contributed by atoms with Crippen molar-refractivity contribution in [1.82, 2.24) is 9.97 Å². The first-order valence-electron chi connectivity index (χ1n) is 8.12. The highest BCUT2D eigenvalue weighted by molar-refractivity contribution is 6.04. The summed E-state index contributed by atoms with van der Waals surface area (Å²) >= 11 is 0. The molecule has 0 radical (unpaired) electrons. The van der Waals surface area contributed by atoms with Gasteiger partial charge in [0.2, 0.25) is 0 Å². The van der Waals surface area contributed by atoms with E-state index in [1.165, 1.54) is 0 Å². The van der Waals surface area contributed by atoms with Crippen LogP contribution in [-0.4, -0.2) is 15.9 Å². The molecule has 1 aromatic heterocycles. The van der Waals surface area contributed by atoms with E-state index >= 15 is 0 Å². The van der Waals surface area contributed by atoms with Crippen LogP contribution in [0.2, 0.25) is 0 Å². The molecule has 25 heavy (non-hydrogen) atoms. The number of hydrogen-bond donors (Lipinski definition) is 2. The number of hydrogen-bond acceptors (Lipinski definition) is 2. The zero-order valence-electron chi connectivity index (χ0n) is 13.8. The van der Waals surface area contributed by atoms with E-state index in [0.717, 1.165) is 33.7 Å². The highest BCUT2D eigenvalue weighted by Crippen LogP contribution is 2.21. The van der Waals surface area contributed by atoms with Crippen molar-refractivity contribution in [3.05, 3.63) is 83.9 Å². The van der Waals surface area contributed by atoms with E-state index < -0.39 is 0 Å². The monoisotopic (exact) mass is 327 g/mol. The lowest BCUT2D eigenvalue weighted by Crippen LogP contribution is -2.11. The average molecular weight is 327 g/mol. The number of fused-ring (bicyclic) bond motifs is 1. The molecule has 0 saturated carbocycles. The molecule has 0 bridgehead atoms. The van der Waals surface area contributed by atoms with Crippen LogP contribution < -0.4 is 5.32 Å². The Balaban J connectivity index is 1.54. The van der Waals surface area contributed by atoms with Gasteiger partial charge in [-0.05, 0) is 43.3 Å². The van der Waals surface area contributed by atoms with Gasteiger partial charge in [-0.1, -0.05) is 42.0 Å². The molecular formula is C21H17N3O. The fourth-order valence-electron chi connectivity index (χ4n) is 2.71. The molecule has 2 N–H and O–H groups in total. The van der Waals surface area contributed by atoms with Crippen LogP contribution in [0.4, 0.5) is 5.69 Å². The van der Waals surface area contributed by atoms with E-state index in [9.17, 15) is 4.79 Å². The Kier molecular flexibility index (Phi) is 3.78. The smallest absolute Gasteiger partial charge is 0.255 e. The Morgan fingerprint density at radius 1 is 0.920 bits per heavy atom. The zero-order valence-corrected chi connectivity index (χ0v) is 13.8. The highest BCUT2D eigenvalue weighted by Gasteiger charge is 2.08. The normalized spacial score (nSPS) is 10.8. The minimum absolute atomic E-state index is 0.125. The number of imidazole rings is 1. The third-order valence-corrected chi connectivity index (χ3v) is 4.12. The summed E-state index contributed by atoms with van der Waals surface area (Å²) in [5, 5.41) is 2.90. The Hall–Kier alpha value is -3.40. The first-order chi connectivity index (χ1) is 12.2. The van der Waals surface area contributed by atoms with Crippen LogP contribution in [0.5, 0.6) is 0 Å². The molecule has 4 aromatic rings. The maximum Gasteiger partial charge on any atom is 0.255 e. The summed E-state index contributed by atoms with van der Waals surface area (Å²) in [5.41, 5.74) is 5.44. The van der Waals surface area contributed by atoms with Crippen LogP contribution in [0, 0.1) is 6.92 Å². The maximum absolute atomic E-state index is 12.4. The number of aromatic amines is 1. The second-order valence-electron chi connectivity index (χ2n) is 6.00. The molecule has 0 saturated heterocycles. The minimum Gasteiger partial charge on any atom is -0.338 e. The number of aromatic nitrogens is 2. The molecule has 0 spiro atoms. The van der Waals surface area contributed by atoms with E-state index in [0.29, 0.717) is 5.56 Å². The van der Waals surface area contributed by atoms with Gasteiger partial charge in [0.1, 0.15) is 5.82 Å². The Morgan fingerprint density at radius 3 is 2.36 bits per heavy atom. The van der Waals surface area contributed by atoms with Crippen LogP contribution in [-0.2, 0) is 0 Å². The number of benzene rings is 3. The molecule has 0 aliphatic heterocycles. The number of carbonyl (C=O) groups excluding carboxylic acids is 1. The van der Waals surface area contributed by atoms with Gasteiger partial charge in [0, 0.05) is 16.8 Å². The van der Waals surface area contributed by atoms with E-state index in [2.05, 4.69) is 15.3 Å². The third kappa shape index (κ3) is 3.15. The summed E-state index contributed by atoms with van der Waals surface area (Å²) in [6, 6.07) is 23.1. The van der Waals surface area contributed by atoms with Crippen molar-refractivity contribution in [2.45, 2.75) is 6.92 Å². The fourth-order valence-corrected chi connectivity index (χ4v) is 2.71. The van der Waals surface area contributed by atoms with Gasteiger partial charge >= 0.3 is 0 Å². The lowest BCUT2D eigenvalue weighted by Gasteiger charge is -2.06. The Labute approximate surface area is 145 Å². The molecule has 0 unspecified atom stereocenters. The third-order valence-electron chi connectivity index (χ3n) is 4.12. The topological polar surface area (TPSA) is 57.8 Å². The number of rotatable bonds is 3. The largest absolute Gasteiger partial charge is 0.338 e. The molecular weight excluding hydrogens is 310 g/mol. The standard InChI is InChI=1S/C21H17N3O/c1-14-6-12-17(13-7-14)22-21(25)16-10-8-15(9-11-16)20-23-18-4-2-3-5-19(18)24-20/h2-13H,1H3,(H,22,25)(H,23,24). The number of carbonyl (C=O) groups is 1. The number of aryl methyl sites for hydroxylation is 1. The molecule has 3 aromatic carbocycles. The molecule has 0 aliphatic carbocycles. The number of nitrogens with one attached hydrogen (secondary N) is 2. The molecule has 4 heteroatoms. The van der Waals surface area contributed by atoms with Crippen molar-refractivity contribution in [3.63, 3.8) is 0 Å². The van der Waals surface area contributed by atoms with Gasteiger partial charge < -0.3 is 10.3 Å². The summed E-state index contributed by atoms with van der Waals surface area (Å²) in [5.74, 6) is 0.673. The van der Waals surface area contributed by atoms with E-state index in [4.69, 9.17) is 0 Å². The molecule has 0 atom stereocenters. The van der Waals surface area contributed by atoms with Gasteiger partial charge in [-0.25, -0.2) is 4.98 Å². The molecule has 1 heterocycles. The minimum atomic E-state index is -0.125. The van der Waals surface area contributed by atoms with Crippen LogP contribution in [0.25, 0.3) is 22.4 Å². The van der Waals surface area contributed by atoms with Crippen molar-refractivity contribution in [3.8, 4) is 11.4 Å². The van der Waals surface area contributed by atoms with Crippen LogP contribution in [0.15, 0.2) is 72.8 Å². The number of H-pyrrole nitrogens is 1. The van der Waals surface area contributed by atoms with E-state index in [-0.39, 0.29) is 5.91 Å². The number of amides is 1. The molecule has 122 valence electrons. The maximum atomic E-state index is 12.4. The van der Waals surface area contributed by atoms with Gasteiger partial charge in [0.25, 0.3) is 5.91 Å². The van der Waals surface area contributed by atoms with Crippen molar-refractivity contribution in [2.24, 2.45) is 0 Å². The summed E-state index contributed by atoms with van der Waals surface area (Å²) in [6.45, 7) is 2.02. The van der Waals surface area contributed by atoms with Crippen molar-refractivity contribution in [2.75, 3.05) is 5.32 Å². The van der Waals surface area contributed by atoms with Crippen LogP contribution in [0.3, 0.4) is 0 Å². The van der Waals surface area contributed by atoms with Gasteiger partial charge in [0.05, 0.1) is 11.0 Å². The summed E-state index contributed by atoms with van der Waals surface area (Å²) < 4.78 is 0. The summed E-state index contributed by atoms with van der Waals surface area (Å²) in [6.07, 6.45) is 0. The fraction of sp³-hybridized carbons (Fsp3) is 0.0476. The number of anilines is 1. The van der Waals surface area contributed by atoms with E-state index in [1.54, 1.807) is 0 Å². The molecule has 0 fully saturated rings. The second kappa shape index (κ2) is 6.24. The van der Waals surface area contributed by atoms with E-state index in [1.807, 2.05) is 79.7 Å². The molecule has 1 amide bonds. The Bertz CT molecular complexity index is 998. The quantitative estimate of drug-likeness (QED) is 0.568. The SMILES string of the molecule is Cc1ccc(NC(=O)c2ccc(-c3nc4ccccc4[nH]3)cc2)cc1. The average Bonchev–Trinajstić information content (AvgIpc) is 3.08. The molecule has 0 aliphatic rings. The summed E-state index contributed by atoms with van der Waals surface area (Å²) in [4.78, 5) is 20.2. The van der Waals surface area contributed by atoms with Gasteiger partial charge in [-0.15, -0.1) is 0 Å². The van der Waals surface area contributed by atoms with Crippen LogP contribution in [0.1, 0.15) is 15.9 Å². The van der Waals surface area contributed by atoms with Gasteiger partial charge in [-0.3, -0.25) is 4.79 Å². The molecule has 4 rings (SSSR count). The number of nitrogens with zero attached hydrogens (tertiary/aromatic N) is 1. The van der Waals surface area contributed by atoms with Crippen molar-refractivity contribution >= 4 is 22.6 Å². The zero-order chi connectivity index (χ0) is 17.2. The van der Waals surface area contributed by atoms with Crippen LogP contribution >= 0.6 is 0 Å². The van der Waals surface area contributed by atoms with Crippen molar-refractivity contribution < 1.29 is 4.79 Å². The lowest BCUT2D eigenvalue weighted by atomic mass is 10.1. The predicted molar refractivity (Wildman–Crippen MR) is 101 cm³/mol. The lowest BCUT2D eigenvalue weighted by molar-refractivity contribution is 0.102. The predicted octanol–water partition coefficient (Wildman–Crippen LogP) is 4.79. The van der Waals surface area contributed by atoms with Gasteiger partial charge in [0.15, 0.2) is 0 Å². The van der Waals surface area contributed by atoms with Gasteiger partial charge in [-0.2, -0.15) is 0 Å². The summed E-state index contributed by atoms with van der Waals surface area (Å²) in [7, 11) is 0. The number of para-hydroxylation sites is 2. The van der Waals surface area contributed by atoms with Crippen molar-refractivity contribution in [1.29, 1.82) is 0 Å².